The predicted molar refractivity (Wildman–Crippen MR) is 123 cm³/mol. The third-order valence-corrected chi connectivity index (χ3v) is 4.47. The van der Waals surface area contributed by atoms with Crippen molar-refractivity contribution in [1.82, 2.24) is 0 Å². The van der Waals surface area contributed by atoms with Crippen molar-refractivity contribution in [2.45, 2.75) is 0 Å². The maximum atomic E-state index is 12.2. The number of ether oxygens (including phenoxy) is 3. The van der Waals surface area contributed by atoms with Crippen LogP contribution in [0.1, 0.15) is 21.5 Å². The van der Waals surface area contributed by atoms with E-state index >= 15 is 0 Å². The van der Waals surface area contributed by atoms with Crippen LogP contribution in [0.3, 0.4) is 0 Å². The first kappa shape index (κ1) is 20.8. The highest BCUT2D eigenvalue weighted by Crippen LogP contribution is 2.17. The molecule has 0 aliphatic rings. The Hall–Kier alpha value is -4.49. The number of carbonyl (C=O) groups excluding carboxylic acids is 1. The van der Waals surface area contributed by atoms with Crippen LogP contribution >= 0.6 is 0 Å². The van der Waals surface area contributed by atoms with Crippen LogP contribution in [0.2, 0.25) is 0 Å². The van der Waals surface area contributed by atoms with Crippen LogP contribution in [0.4, 0.5) is 0 Å². The Bertz CT molecular complexity index is 1200. The SMILES string of the molecule is O=C(Oc1ccccc1)c1ccc(OCOc2ccc(C#Cc3ccccc3)cc2)cc1. The van der Waals surface area contributed by atoms with Crippen LogP contribution < -0.4 is 14.2 Å². The summed E-state index contributed by atoms with van der Waals surface area (Å²) in [5.74, 6) is 7.60. The fourth-order valence-electron chi connectivity index (χ4n) is 2.81. The normalized spacial score (nSPS) is 9.88. The van der Waals surface area contributed by atoms with Crippen LogP contribution in [0.15, 0.2) is 109 Å². The van der Waals surface area contributed by atoms with E-state index in [9.17, 15) is 4.79 Å². The Morgan fingerprint density at radius 3 is 1.66 bits per heavy atom. The number of hydrogen-bond acceptors (Lipinski definition) is 4. The highest BCUT2D eigenvalue weighted by Gasteiger charge is 2.08. The molecule has 4 aromatic carbocycles. The average molecular weight is 420 g/mol. The van der Waals surface area contributed by atoms with Crippen molar-refractivity contribution >= 4 is 5.97 Å². The van der Waals surface area contributed by atoms with E-state index in [1.807, 2.05) is 72.8 Å². The fourth-order valence-corrected chi connectivity index (χ4v) is 2.81. The van der Waals surface area contributed by atoms with Gasteiger partial charge in [-0.3, -0.25) is 0 Å². The van der Waals surface area contributed by atoms with Gasteiger partial charge in [0.1, 0.15) is 17.2 Å². The molecule has 0 radical (unpaired) electrons. The zero-order valence-electron chi connectivity index (χ0n) is 17.2. The van der Waals surface area contributed by atoms with Gasteiger partial charge in [-0.2, -0.15) is 0 Å². The molecule has 32 heavy (non-hydrogen) atoms. The van der Waals surface area contributed by atoms with E-state index in [0.29, 0.717) is 22.8 Å². The number of benzene rings is 4. The first-order valence-corrected chi connectivity index (χ1v) is 10.1. The molecule has 0 atom stereocenters. The lowest BCUT2D eigenvalue weighted by Crippen LogP contribution is -2.09. The van der Waals surface area contributed by atoms with E-state index in [0.717, 1.165) is 11.1 Å². The van der Waals surface area contributed by atoms with Gasteiger partial charge in [-0.05, 0) is 72.8 Å². The summed E-state index contributed by atoms with van der Waals surface area (Å²) in [7, 11) is 0. The molecule has 0 unspecified atom stereocenters. The van der Waals surface area contributed by atoms with Crippen molar-refractivity contribution < 1.29 is 19.0 Å². The van der Waals surface area contributed by atoms with Gasteiger partial charge in [-0.1, -0.05) is 48.2 Å². The molecule has 0 bridgehead atoms. The van der Waals surface area contributed by atoms with Gasteiger partial charge < -0.3 is 14.2 Å². The molecule has 0 aliphatic carbocycles. The van der Waals surface area contributed by atoms with Gasteiger partial charge in [0.05, 0.1) is 5.56 Å². The second kappa shape index (κ2) is 10.5. The van der Waals surface area contributed by atoms with Crippen molar-refractivity contribution in [1.29, 1.82) is 0 Å². The van der Waals surface area contributed by atoms with Crippen molar-refractivity contribution in [3.05, 3.63) is 126 Å². The van der Waals surface area contributed by atoms with Crippen LogP contribution in [0, 0.1) is 11.8 Å². The minimum Gasteiger partial charge on any atom is -0.458 e. The number of para-hydroxylation sites is 1. The van der Waals surface area contributed by atoms with Gasteiger partial charge in [-0.15, -0.1) is 0 Å². The monoisotopic (exact) mass is 420 g/mol. The summed E-state index contributed by atoms with van der Waals surface area (Å²) in [6.07, 6.45) is 0. The van der Waals surface area contributed by atoms with E-state index in [2.05, 4.69) is 11.8 Å². The van der Waals surface area contributed by atoms with E-state index in [1.165, 1.54) is 0 Å². The molecule has 0 heterocycles. The molecule has 156 valence electrons. The molecule has 0 saturated heterocycles. The highest BCUT2D eigenvalue weighted by atomic mass is 16.7. The molecule has 4 rings (SSSR count). The molecular formula is C28H20O4. The topological polar surface area (TPSA) is 44.8 Å². The molecule has 4 aromatic rings. The summed E-state index contributed by atoms with van der Waals surface area (Å²) in [5, 5.41) is 0. The Morgan fingerprint density at radius 2 is 1.06 bits per heavy atom. The Morgan fingerprint density at radius 1 is 0.562 bits per heavy atom. The first-order valence-electron chi connectivity index (χ1n) is 10.1. The van der Waals surface area contributed by atoms with Gasteiger partial charge in [0.15, 0.2) is 0 Å². The lowest BCUT2D eigenvalue weighted by molar-refractivity contribution is 0.0734. The maximum Gasteiger partial charge on any atom is 0.343 e. The quantitative estimate of drug-likeness (QED) is 0.173. The number of carbonyl (C=O) groups is 1. The molecule has 4 heteroatoms. The first-order chi connectivity index (χ1) is 15.8. The second-order valence-corrected chi connectivity index (χ2v) is 6.77. The smallest absolute Gasteiger partial charge is 0.343 e. The van der Waals surface area contributed by atoms with Crippen molar-refractivity contribution in [3.63, 3.8) is 0 Å². The second-order valence-electron chi connectivity index (χ2n) is 6.77. The van der Waals surface area contributed by atoms with Gasteiger partial charge in [0, 0.05) is 11.1 Å². The summed E-state index contributed by atoms with van der Waals surface area (Å²) in [6.45, 7) is 0.0445. The molecular weight excluding hydrogens is 400 g/mol. The Balaban J connectivity index is 1.25. The highest BCUT2D eigenvalue weighted by molar-refractivity contribution is 5.91. The third kappa shape index (κ3) is 6.01. The molecule has 0 saturated carbocycles. The molecule has 0 aromatic heterocycles. The van der Waals surface area contributed by atoms with Crippen molar-refractivity contribution in [2.75, 3.05) is 6.79 Å². The fraction of sp³-hybridized carbons (Fsp3) is 0.0357. The van der Waals surface area contributed by atoms with Crippen LogP contribution in [-0.2, 0) is 0 Å². The van der Waals surface area contributed by atoms with Crippen molar-refractivity contribution in [3.8, 4) is 29.1 Å². The molecule has 0 fully saturated rings. The van der Waals surface area contributed by atoms with E-state index in [-0.39, 0.29) is 6.79 Å². The Kier molecular flexibility index (Phi) is 6.82. The van der Waals surface area contributed by atoms with Crippen LogP contribution in [0.25, 0.3) is 0 Å². The van der Waals surface area contributed by atoms with E-state index in [1.54, 1.807) is 36.4 Å². The van der Waals surface area contributed by atoms with Gasteiger partial charge in [-0.25, -0.2) is 4.79 Å². The summed E-state index contributed by atoms with van der Waals surface area (Å²) in [4.78, 5) is 12.2. The molecule has 0 spiro atoms. The van der Waals surface area contributed by atoms with Crippen LogP contribution in [0.5, 0.6) is 17.2 Å². The predicted octanol–water partition coefficient (Wildman–Crippen LogP) is 5.72. The lowest BCUT2D eigenvalue weighted by Gasteiger charge is -2.09. The standard InChI is InChI=1S/C28H20O4/c29-28(32-27-9-5-2-6-10-27)24-15-19-26(20-16-24)31-21-30-25-17-13-23(14-18-25)12-11-22-7-3-1-4-8-22/h1-10,13-20H,21H2. The molecule has 0 N–H and O–H groups in total. The zero-order valence-corrected chi connectivity index (χ0v) is 17.2. The third-order valence-electron chi connectivity index (χ3n) is 4.47. The molecule has 4 nitrogen and oxygen atoms in total. The number of esters is 1. The minimum atomic E-state index is -0.422. The molecule has 0 amide bonds. The summed E-state index contributed by atoms with van der Waals surface area (Å²) < 4.78 is 16.5. The number of hydrogen-bond donors (Lipinski definition) is 0. The van der Waals surface area contributed by atoms with Gasteiger partial charge >= 0.3 is 5.97 Å². The van der Waals surface area contributed by atoms with E-state index < -0.39 is 5.97 Å². The molecule has 0 aliphatic heterocycles. The van der Waals surface area contributed by atoms with Crippen LogP contribution in [-0.4, -0.2) is 12.8 Å². The summed E-state index contributed by atoms with van der Waals surface area (Å²) in [5.41, 5.74) is 2.31. The van der Waals surface area contributed by atoms with Gasteiger partial charge in [0.2, 0.25) is 6.79 Å². The Labute approximate surface area is 187 Å². The van der Waals surface area contributed by atoms with Crippen molar-refractivity contribution in [2.24, 2.45) is 0 Å². The lowest BCUT2D eigenvalue weighted by atomic mass is 10.2. The summed E-state index contributed by atoms with van der Waals surface area (Å²) in [6, 6.07) is 33.0. The maximum absolute atomic E-state index is 12.2. The van der Waals surface area contributed by atoms with E-state index in [4.69, 9.17) is 14.2 Å². The number of rotatable bonds is 6. The largest absolute Gasteiger partial charge is 0.458 e. The summed E-state index contributed by atoms with van der Waals surface area (Å²) >= 11 is 0. The van der Waals surface area contributed by atoms with Gasteiger partial charge in [0.25, 0.3) is 0 Å². The minimum absolute atomic E-state index is 0.0445. The average Bonchev–Trinajstić information content (AvgIpc) is 2.85. The zero-order chi connectivity index (χ0) is 22.0.